The highest BCUT2D eigenvalue weighted by Crippen LogP contribution is 2.23. The van der Waals surface area contributed by atoms with Gasteiger partial charge in [0.1, 0.15) is 0 Å². The molecule has 0 saturated heterocycles. The Hall–Kier alpha value is -2.80. The molecule has 2 amide bonds. The van der Waals surface area contributed by atoms with Crippen molar-refractivity contribution in [2.75, 3.05) is 16.4 Å². The van der Waals surface area contributed by atoms with Crippen LogP contribution in [0.25, 0.3) is 0 Å². The van der Waals surface area contributed by atoms with Crippen LogP contribution in [0.3, 0.4) is 0 Å². The zero-order valence-corrected chi connectivity index (χ0v) is 17.2. The van der Waals surface area contributed by atoms with Crippen molar-refractivity contribution in [3.63, 3.8) is 0 Å². The second-order valence-corrected chi connectivity index (χ2v) is 7.45. The summed E-state index contributed by atoms with van der Waals surface area (Å²) in [5.74, 6) is -0.908. The molecule has 0 fully saturated rings. The Morgan fingerprint density at radius 1 is 1.00 bits per heavy atom. The molecule has 0 bridgehead atoms. The van der Waals surface area contributed by atoms with Gasteiger partial charge in [-0.3, -0.25) is 14.4 Å². The van der Waals surface area contributed by atoms with Gasteiger partial charge in [0, 0.05) is 23.2 Å². The Kier molecular flexibility index (Phi) is 7.63. The lowest BCUT2D eigenvalue weighted by Crippen LogP contribution is -2.30. The van der Waals surface area contributed by atoms with E-state index in [1.165, 1.54) is 31.2 Å². The molecule has 0 spiro atoms. The minimum absolute atomic E-state index is 0.132. The molecule has 2 aromatic rings. The Bertz CT molecular complexity index is 865. The van der Waals surface area contributed by atoms with E-state index in [0.717, 1.165) is 10.5 Å². The standard InChI is InChI=1S/C21H24N2O4S/c1-13-5-10-19(14(2)11-13)28-12-20(25)27-15(3)21(26)23-18-8-6-17(7-9-18)22-16(4)24/h5-11,15H,12H2,1-4H3,(H,22,24)(H,23,26)/t15-/m0/s1. The molecule has 0 unspecified atom stereocenters. The molecule has 28 heavy (non-hydrogen) atoms. The van der Waals surface area contributed by atoms with Crippen LogP contribution in [0.5, 0.6) is 0 Å². The van der Waals surface area contributed by atoms with Crippen LogP contribution in [0, 0.1) is 13.8 Å². The minimum atomic E-state index is -0.915. The zero-order chi connectivity index (χ0) is 20.7. The van der Waals surface area contributed by atoms with E-state index in [-0.39, 0.29) is 11.7 Å². The van der Waals surface area contributed by atoms with Crippen molar-refractivity contribution in [3.8, 4) is 0 Å². The molecule has 6 nitrogen and oxygen atoms in total. The third kappa shape index (κ3) is 6.74. The van der Waals surface area contributed by atoms with Gasteiger partial charge in [-0.1, -0.05) is 17.7 Å². The summed E-state index contributed by atoms with van der Waals surface area (Å²) >= 11 is 1.39. The van der Waals surface area contributed by atoms with Crippen molar-refractivity contribution in [2.24, 2.45) is 0 Å². The SMILES string of the molecule is CC(=O)Nc1ccc(NC(=O)[C@H](C)OC(=O)CSc2ccc(C)cc2C)cc1. The van der Waals surface area contributed by atoms with Crippen LogP contribution < -0.4 is 10.6 Å². The number of anilines is 2. The van der Waals surface area contributed by atoms with E-state index in [1.54, 1.807) is 24.3 Å². The van der Waals surface area contributed by atoms with E-state index in [9.17, 15) is 14.4 Å². The van der Waals surface area contributed by atoms with Crippen LogP contribution in [0.15, 0.2) is 47.4 Å². The molecular weight excluding hydrogens is 376 g/mol. The first-order chi connectivity index (χ1) is 13.2. The second-order valence-electron chi connectivity index (χ2n) is 6.44. The monoisotopic (exact) mass is 400 g/mol. The van der Waals surface area contributed by atoms with Crippen molar-refractivity contribution >= 4 is 40.9 Å². The Labute approximate surface area is 169 Å². The lowest BCUT2D eigenvalue weighted by atomic mass is 10.2. The normalized spacial score (nSPS) is 11.4. The van der Waals surface area contributed by atoms with Gasteiger partial charge in [0.25, 0.3) is 5.91 Å². The van der Waals surface area contributed by atoms with Gasteiger partial charge >= 0.3 is 5.97 Å². The molecule has 0 radical (unpaired) electrons. The fourth-order valence-electron chi connectivity index (χ4n) is 2.47. The highest BCUT2D eigenvalue weighted by molar-refractivity contribution is 8.00. The van der Waals surface area contributed by atoms with Crippen LogP contribution in [0.4, 0.5) is 11.4 Å². The number of carbonyl (C=O) groups is 3. The van der Waals surface area contributed by atoms with E-state index < -0.39 is 18.0 Å². The minimum Gasteiger partial charge on any atom is -0.452 e. The van der Waals surface area contributed by atoms with E-state index in [1.807, 2.05) is 26.0 Å². The molecule has 0 heterocycles. The molecule has 2 rings (SSSR count). The highest BCUT2D eigenvalue weighted by Gasteiger charge is 2.18. The number of rotatable bonds is 7. The summed E-state index contributed by atoms with van der Waals surface area (Å²) < 4.78 is 5.22. The summed E-state index contributed by atoms with van der Waals surface area (Å²) in [5, 5.41) is 5.33. The third-order valence-corrected chi connectivity index (χ3v) is 4.98. The average molecular weight is 401 g/mol. The number of ether oxygens (including phenoxy) is 1. The second kappa shape index (κ2) is 9.94. The summed E-state index contributed by atoms with van der Waals surface area (Å²) in [6.45, 7) is 6.96. The lowest BCUT2D eigenvalue weighted by Gasteiger charge is -2.14. The van der Waals surface area contributed by atoms with Gasteiger partial charge < -0.3 is 15.4 Å². The number of hydrogen-bond donors (Lipinski definition) is 2. The number of amides is 2. The Morgan fingerprint density at radius 2 is 1.61 bits per heavy atom. The summed E-state index contributed by atoms with van der Waals surface area (Å²) in [4.78, 5) is 36.3. The topological polar surface area (TPSA) is 84.5 Å². The van der Waals surface area contributed by atoms with E-state index in [4.69, 9.17) is 4.74 Å². The summed E-state index contributed by atoms with van der Waals surface area (Å²) in [6.07, 6.45) is -0.915. The molecule has 0 aliphatic heterocycles. The molecule has 2 aromatic carbocycles. The molecular formula is C21H24N2O4S. The summed E-state index contributed by atoms with van der Waals surface area (Å²) in [6, 6.07) is 12.7. The molecule has 148 valence electrons. The average Bonchev–Trinajstić information content (AvgIpc) is 2.62. The number of benzene rings is 2. The Balaban J connectivity index is 1.82. The highest BCUT2D eigenvalue weighted by atomic mass is 32.2. The van der Waals surface area contributed by atoms with E-state index in [2.05, 4.69) is 16.7 Å². The van der Waals surface area contributed by atoms with Crippen LogP contribution in [0.2, 0.25) is 0 Å². The van der Waals surface area contributed by atoms with Crippen LogP contribution in [0.1, 0.15) is 25.0 Å². The van der Waals surface area contributed by atoms with Gasteiger partial charge in [0.15, 0.2) is 6.10 Å². The molecule has 7 heteroatoms. The van der Waals surface area contributed by atoms with Gasteiger partial charge in [-0.15, -0.1) is 11.8 Å². The number of aryl methyl sites for hydroxylation is 2. The molecule has 2 N–H and O–H groups in total. The molecule has 0 aromatic heterocycles. The number of thioether (sulfide) groups is 1. The lowest BCUT2D eigenvalue weighted by molar-refractivity contribution is -0.150. The fraction of sp³-hybridized carbons (Fsp3) is 0.286. The van der Waals surface area contributed by atoms with Gasteiger partial charge in [0.2, 0.25) is 5.91 Å². The first-order valence-electron chi connectivity index (χ1n) is 8.82. The number of nitrogens with one attached hydrogen (secondary N) is 2. The fourth-order valence-corrected chi connectivity index (χ4v) is 3.26. The van der Waals surface area contributed by atoms with E-state index >= 15 is 0 Å². The van der Waals surface area contributed by atoms with E-state index in [0.29, 0.717) is 11.4 Å². The first-order valence-corrected chi connectivity index (χ1v) is 9.81. The van der Waals surface area contributed by atoms with Crippen molar-refractivity contribution in [1.29, 1.82) is 0 Å². The van der Waals surface area contributed by atoms with Crippen molar-refractivity contribution < 1.29 is 19.1 Å². The molecule has 0 aliphatic rings. The van der Waals surface area contributed by atoms with Crippen LogP contribution >= 0.6 is 11.8 Å². The predicted octanol–water partition coefficient (Wildman–Crippen LogP) is 3.92. The third-order valence-electron chi connectivity index (χ3n) is 3.83. The molecule has 1 atom stereocenters. The zero-order valence-electron chi connectivity index (χ0n) is 16.4. The number of esters is 1. The first kappa shape index (κ1) is 21.5. The molecule has 0 aliphatic carbocycles. The maximum absolute atomic E-state index is 12.2. The quantitative estimate of drug-likeness (QED) is 0.543. The number of carbonyl (C=O) groups excluding carboxylic acids is 3. The van der Waals surface area contributed by atoms with Crippen LogP contribution in [-0.4, -0.2) is 29.6 Å². The van der Waals surface area contributed by atoms with Crippen molar-refractivity contribution in [3.05, 3.63) is 53.6 Å². The van der Waals surface area contributed by atoms with Crippen molar-refractivity contribution in [2.45, 2.75) is 38.7 Å². The summed E-state index contributed by atoms with van der Waals surface area (Å²) in [7, 11) is 0. The van der Waals surface area contributed by atoms with Gasteiger partial charge in [-0.25, -0.2) is 0 Å². The summed E-state index contributed by atoms with van der Waals surface area (Å²) in [5.41, 5.74) is 3.45. The Morgan fingerprint density at radius 3 is 2.18 bits per heavy atom. The smallest absolute Gasteiger partial charge is 0.317 e. The van der Waals surface area contributed by atoms with Crippen molar-refractivity contribution in [1.82, 2.24) is 0 Å². The number of hydrogen-bond acceptors (Lipinski definition) is 5. The maximum Gasteiger partial charge on any atom is 0.317 e. The van der Waals surface area contributed by atoms with Gasteiger partial charge in [-0.2, -0.15) is 0 Å². The van der Waals surface area contributed by atoms with Crippen LogP contribution in [-0.2, 0) is 19.1 Å². The maximum atomic E-state index is 12.2. The van der Waals surface area contributed by atoms with Gasteiger partial charge in [-0.05, 0) is 56.7 Å². The molecule has 0 saturated carbocycles. The van der Waals surface area contributed by atoms with Gasteiger partial charge in [0.05, 0.1) is 5.75 Å². The largest absolute Gasteiger partial charge is 0.452 e. The predicted molar refractivity (Wildman–Crippen MR) is 112 cm³/mol.